The lowest BCUT2D eigenvalue weighted by Gasteiger charge is -2.05. The molecule has 92 valence electrons. The van der Waals surface area contributed by atoms with Crippen LogP contribution in [0.1, 0.15) is 27.0 Å². The fourth-order valence-electron chi connectivity index (χ4n) is 1.69. The van der Waals surface area contributed by atoms with Crippen molar-refractivity contribution >= 4 is 21.7 Å². The summed E-state index contributed by atoms with van der Waals surface area (Å²) in [4.78, 5) is 12.2. The third-order valence-corrected chi connectivity index (χ3v) is 3.56. The smallest absolute Gasteiger partial charge is 0.193 e. The Morgan fingerprint density at radius 1 is 1.00 bits per heavy atom. The molecule has 0 saturated heterocycles. The molecule has 18 heavy (non-hydrogen) atoms. The first kappa shape index (κ1) is 13.0. The molecular formula is C15H12BrFO. The molecule has 2 aromatic rings. The van der Waals surface area contributed by atoms with Gasteiger partial charge in [0, 0.05) is 11.1 Å². The summed E-state index contributed by atoms with van der Waals surface area (Å²) in [5.74, 6) is -0.467. The van der Waals surface area contributed by atoms with E-state index in [2.05, 4.69) is 15.9 Å². The van der Waals surface area contributed by atoms with Gasteiger partial charge in [-0.05, 0) is 65.2 Å². The lowest BCUT2D eigenvalue weighted by Crippen LogP contribution is -2.02. The van der Waals surface area contributed by atoms with Gasteiger partial charge in [0.15, 0.2) is 5.78 Å². The molecule has 3 heteroatoms. The lowest BCUT2D eigenvalue weighted by atomic mass is 9.99. The van der Waals surface area contributed by atoms with Gasteiger partial charge in [-0.25, -0.2) is 4.39 Å². The maximum atomic E-state index is 13.1. The molecule has 0 unspecified atom stereocenters. The minimum Gasteiger partial charge on any atom is -0.289 e. The number of hydrogen-bond acceptors (Lipinski definition) is 1. The molecule has 0 aliphatic rings. The molecule has 0 heterocycles. The monoisotopic (exact) mass is 306 g/mol. The summed E-state index contributed by atoms with van der Waals surface area (Å²) < 4.78 is 13.4. The molecule has 0 atom stereocenters. The van der Waals surface area contributed by atoms with Crippen LogP contribution in [0.4, 0.5) is 4.39 Å². The van der Waals surface area contributed by atoms with Gasteiger partial charge in [-0.2, -0.15) is 0 Å². The number of rotatable bonds is 2. The van der Waals surface area contributed by atoms with Gasteiger partial charge in [0.1, 0.15) is 5.82 Å². The van der Waals surface area contributed by atoms with Crippen molar-refractivity contribution in [2.24, 2.45) is 0 Å². The van der Waals surface area contributed by atoms with E-state index in [9.17, 15) is 9.18 Å². The summed E-state index contributed by atoms with van der Waals surface area (Å²) in [5.41, 5.74) is 3.32. The summed E-state index contributed by atoms with van der Waals surface area (Å²) in [5, 5.41) is 0. The quantitative estimate of drug-likeness (QED) is 0.750. The van der Waals surface area contributed by atoms with Crippen molar-refractivity contribution in [1.82, 2.24) is 0 Å². The van der Waals surface area contributed by atoms with Crippen LogP contribution in [-0.4, -0.2) is 5.78 Å². The first-order valence-electron chi connectivity index (χ1n) is 5.56. The summed E-state index contributed by atoms with van der Waals surface area (Å²) in [6.07, 6.45) is 0. The van der Waals surface area contributed by atoms with E-state index in [4.69, 9.17) is 0 Å². The van der Waals surface area contributed by atoms with Crippen molar-refractivity contribution in [3.63, 3.8) is 0 Å². The SMILES string of the molecule is Cc1ccc(C(=O)c2ccc(F)c(Br)c2)cc1C. The fraction of sp³-hybridized carbons (Fsp3) is 0.133. The Hall–Kier alpha value is -1.48. The number of halogens is 2. The summed E-state index contributed by atoms with van der Waals surface area (Å²) in [6.45, 7) is 3.96. The predicted octanol–water partition coefficient (Wildman–Crippen LogP) is 4.44. The van der Waals surface area contributed by atoms with E-state index < -0.39 is 0 Å². The van der Waals surface area contributed by atoms with Gasteiger partial charge >= 0.3 is 0 Å². The molecule has 0 N–H and O–H groups in total. The molecule has 0 aliphatic heterocycles. The zero-order valence-corrected chi connectivity index (χ0v) is 11.7. The van der Waals surface area contributed by atoms with Crippen LogP contribution in [0.3, 0.4) is 0 Å². The molecule has 0 aliphatic carbocycles. The molecule has 0 spiro atoms. The molecule has 0 amide bonds. The number of aryl methyl sites for hydroxylation is 2. The van der Waals surface area contributed by atoms with Crippen LogP contribution in [0.15, 0.2) is 40.9 Å². The highest BCUT2D eigenvalue weighted by atomic mass is 79.9. The number of benzene rings is 2. The van der Waals surface area contributed by atoms with Gasteiger partial charge in [-0.15, -0.1) is 0 Å². The zero-order chi connectivity index (χ0) is 13.3. The molecule has 2 aromatic carbocycles. The molecule has 0 saturated carbocycles. The highest BCUT2D eigenvalue weighted by Crippen LogP contribution is 2.20. The van der Waals surface area contributed by atoms with E-state index in [0.29, 0.717) is 15.6 Å². The van der Waals surface area contributed by atoms with Crippen molar-refractivity contribution in [3.8, 4) is 0 Å². The molecular weight excluding hydrogens is 295 g/mol. The van der Waals surface area contributed by atoms with Crippen molar-refractivity contribution in [3.05, 3.63) is 68.9 Å². The fourth-order valence-corrected chi connectivity index (χ4v) is 2.07. The Morgan fingerprint density at radius 3 is 2.22 bits per heavy atom. The summed E-state index contributed by atoms with van der Waals surface area (Å²) in [6, 6.07) is 9.86. The Labute approximate surface area is 114 Å². The van der Waals surface area contributed by atoms with E-state index in [0.717, 1.165) is 11.1 Å². The second kappa shape index (κ2) is 5.02. The Kier molecular flexibility index (Phi) is 3.62. The predicted molar refractivity (Wildman–Crippen MR) is 73.4 cm³/mol. The van der Waals surface area contributed by atoms with E-state index in [-0.39, 0.29) is 11.6 Å². The van der Waals surface area contributed by atoms with Crippen molar-refractivity contribution in [2.45, 2.75) is 13.8 Å². The van der Waals surface area contributed by atoms with E-state index in [1.165, 1.54) is 18.2 Å². The third kappa shape index (κ3) is 2.51. The number of carbonyl (C=O) groups is 1. The van der Waals surface area contributed by atoms with E-state index in [1.54, 1.807) is 6.07 Å². The Bertz CT molecular complexity index is 566. The maximum absolute atomic E-state index is 13.1. The highest BCUT2D eigenvalue weighted by molar-refractivity contribution is 9.10. The minimum absolute atomic E-state index is 0.0983. The molecule has 0 radical (unpaired) electrons. The minimum atomic E-state index is -0.369. The molecule has 0 fully saturated rings. The van der Waals surface area contributed by atoms with Gasteiger partial charge in [-0.1, -0.05) is 12.1 Å². The second-order valence-corrected chi connectivity index (χ2v) is 5.11. The average Bonchev–Trinajstić information content (AvgIpc) is 2.35. The van der Waals surface area contributed by atoms with Gasteiger partial charge < -0.3 is 0 Å². The van der Waals surface area contributed by atoms with E-state index >= 15 is 0 Å². The second-order valence-electron chi connectivity index (χ2n) is 4.26. The van der Waals surface area contributed by atoms with Crippen molar-refractivity contribution in [2.75, 3.05) is 0 Å². The number of hydrogen-bond donors (Lipinski definition) is 0. The van der Waals surface area contributed by atoms with Crippen LogP contribution in [0.2, 0.25) is 0 Å². The Balaban J connectivity index is 2.41. The lowest BCUT2D eigenvalue weighted by molar-refractivity contribution is 0.103. The molecule has 0 bridgehead atoms. The van der Waals surface area contributed by atoms with Gasteiger partial charge in [0.2, 0.25) is 0 Å². The molecule has 2 rings (SSSR count). The van der Waals surface area contributed by atoms with Crippen LogP contribution < -0.4 is 0 Å². The maximum Gasteiger partial charge on any atom is 0.193 e. The zero-order valence-electron chi connectivity index (χ0n) is 10.1. The number of ketones is 1. The van der Waals surface area contributed by atoms with Gasteiger partial charge in [0.25, 0.3) is 0 Å². The largest absolute Gasteiger partial charge is 0.289 e. The van der Waals surface area contributed by atoms with Crippen molar-refractivity contribution < 1.29 is 9.18 Å². The first-order valence-corrected chi connectivity index (χ1v) is 6.35. The van der Waals surface area contributed by atoms with Crippen LogP contribution in [0.5, 0.6) is 0 Å². The van der Waals surface area contributed by atoms with Crippen LogP contribution >= 0.6 is 15.9 Å². The highest BCUT2D eigenvalue weighted by Gasteiger charge is 2.11. The van der Waals surface area contributed by atoms with Crippen LogP contribution in [0.25, 0.3) is 0 Å². The summed E-state index contributed by atoms with van der Waals surface area (Å²) >= 11 is 3.09. The molecule has 1 nitrogen and oxygen atoms in total. The van der Waals surface area contributed by atoms with Crippen LogP contribution in [0, 0.1) is 19.7 Å². The first-order chi connectivity index (χ1) is 8.49. The molecule has 0 aromatic heterocycles. The normalized spacial score (nSPS) is 10.4. The van der Waals surface area contributed by atoms with Gasteiger partial charge in [0.05, 0.1) is 4.47 Å². The standard InChI is InChI=1S/C15H12BrFO/c1-9-3-4-11(7-10(9)2)15(18)12-5-6-14(17)13(16)8-12/h3-8H,1-2H3. The van der Waals surface area contributed by atoms with E-state index in [1.807, 2.05) is 26.0 Å². The Morgan fingerprint density at radius 2 is 1.61 bits per heavy atom. The average molecular weight is 307 g/mol. The van der Waals surface area contributed by atoms with Gasteiger partial charge in [-0.3, -0.25) is 4.79 Å². The topological polar surface area (TPSA) is 17.1 Å². The van der Waals surface area contributed by atoms with Crippen LogP contribution in [-0.2, 0) is 0 Å². The summed E-state index contributed by atoms with van der Waals surface area (Å²) in [7, 11) is 0. The van der Waals surface area contributed by atoms with Crippen molar-refractivity contribution in [1.29, 1.82) is 0 Å². The third-order valence-electron chi connectivity index (χ3n) is 2.95. The number of carbonyl (C=O) groups excluding carboxylic acids is 1.